The largest absolute Gasteiger partial charge is 0.382 e. The number of nitrogens with one attached hydrogen (secondary N) is 1. The molecule has 0 aromatic heterocycles. The molecule has 1 atom stereocenters. The van der Waals surface area contributed by atoms with E-state index in [1.165, 1.54) is 19.3 Å². The van der Waals surface area contributed by atoms with Gasteiger partial charge >= 0.3 is 0 Å². The Bertz CT molecular complexity index is 183. The van der Waals surface area contributed by atoms with Crippen molar-refractivity contribution in [1.29, 1.82) is 0 Å². The van der Waals surface area contributed by atoms with Crippen molar-refractivity contribution in [2.75, 3.05) is 33.5 Å². The molecule has 1 N–H and O–H groups in total. The molecule has 0 amide bonds. The van der Waals surface area contributed by atoms with E-state index < -0.39 is 0 Å². The molecular weight excluding hydrogens is 202 g/mol. The van der Waals surface area contributed by atoms with E-state index in [9.17, 15) is 0 Å². The average Bonchev–Trinajstić information content (AvgIpc) is 3.10. The van der Waals surface area contributed by atoms with Crippen molar-refractivity contribution in [2.24, 2.45) is 5.41 Å². The zero-order chi connectivity index (χ0) is 11.9. The summed E-state index contributed by atoms with van der Waals surface area (Å²) in [6.45, 7) is 8.00. The summed E-state index contributed by atoms with van der Waals surface area (Å²) in [5.74, 6) is 0. The summed E-state index contributed by atoms with van der Waals surface area (Å²) in [5, 5.41) is 3.62. The molecule has 0 bridgehead atoms. The summed E-state index contributed by atoms with van der Waals surface area (Å²) in [5.41, 5.74) is 0.385. The third-order valence-corrected chi connectivity index (χ3v) is 3.53. The number of hydrogen-bond donors (Lipinski definition) is 1. The maximum Gasteiger partial charge on any atom is 0.0700 e. The molecule has 0 heterocycles. The van der Waals surface area contributed by atoms with E-state index in [0.717, 1.165) is 25.6 Å². The second-order valence-corrected chi connectivity index (χ2v) is 5.17. The van der Waals surface area contributed by atoms with E-state index in [1.807, 2.05) is 0 Å². The lowest BCUT2D eigenvalue weighted by Gasteiger charge is -2.28. The SMILES string of the molecule is CCC(C)(CCOCCOC)CNC1CC1. The Morgan fingerprint density at radius 3 is 2.56 bits per heavy atom. The highest BCUT2D eigenvalue weighted by Crippen LogP contribution is 2.27. The van der Waals surface area contributed by atoms with Crippen LogP contribution in [0.3, 0.4) is 0 Å². The second-order valence-electron chi connectivity index (χ2n) is 5.17. The standard InChI is InChI=1S/C13H27NO2/c1-4-13(2,11-14-12-5-6-12)7-8-16-10-9-15-3/h12,14H,4-11H2,1-3H3. The highest BCUT2D eigenvalue weighted by atomic mass is 16.5. The second kappa shape index (κ2) is 7.25. The summed E-state index contributed by atoms with van der Waals surface area (Å²) >= 11 is 0. The number of ether oxygens (including phenoxy) is 2. The van der Waals surface area contributed by atoms with Crippen LogP contribution >= 0.6 is 0 Å². The van der Waals surface area contributed by atoms with Crippen LogP contribution in [0.2, 0.25) is 0 Å². The molecule has 1 unspecified atom stereocenters. The summed E-state index contributed by atoms with van der Waals surface area (Å²) < 4.78 is 10.5. The summed E-state index contributed by atoms with van der Waals surface area (Å²) in [6.07, 6.45) is 5.07. The molecule has 3 nitrogen and oxygen atoms in total. The van der Waals surface area contributed by atoms with Crippen LogP contribution in [-0.4, -0.2) is 39.5 Å². The molecule has 0 aromatic rings. The molecule has 16 heavy (non-hydrogen) atoms. The van der Waals surface area contributed by atoms with Gasteiger partial charge in [-0.25, -0.2) is 0 Å². The van der Waals surface area contributed by atoms with Crippen molar-refractivity contribution in [3.63, 3.8) is 0 Å². The van der Waals surface area contributed by atoms with Crippen LogP contribution in [0.4, 0.5) is 0 Å². The number of hydrogen-bond acceptors (Lipinski definition) is 3. The first-order chi connectivity index (χ1) is 7.70. The monoisotopic (exact) mass is 229 g/mol. The maximum atomic E-state index is 5.54. The lowest BCUT2D eigenvalue weighted by molar-refractivity contribution is 0.0526. The minimum absolute atomic E-state index is 0.385. The Hall–Kier alpha value is -0.120. The van der Waals surface area contributed by atoms with Gasteiger partial charge in [0.2, 0.25) is 0 Å². The van der Waals surface area contributed by atoms with Crippen LogP contribution in [0.1, 0.15) is 39.5 Å². The van der Waals surface area contributed by atoms with E-state index in [4.69, 9.17) is 9.47 Å². The Morgan fingerprint density at radius 1 is 1.25 bits per heavy atom. The van der Waals surface area contributed by atoms with Crippen molar-refractivity contribution in [3.8, 4) is 0 Å². The molecule has 1 aliphatic carbocycles. The highest BCUT2D eigenvalue weighted by Gasteiger charge is 2.26. The van der Waals surface area contributed by atoms with Crippen molar-refractivity contribution in [3.05, 3.63) is 0 Å². The Kier molecular flexibility index (Phi) is 6.32. The van der Waals surface area contributed by atoms with Crippen molar-refractivity contribution < 1.29 is 9.47 Å². The number of rotatable bonds is 10. The van der Waals surface area contributed by atoms with Crippen LogP contribution in [0.15, 0.2) is 0 Å². The van der Waals surface area contributed by atoms with Gasteiger partial charge in [-0.05, 0) is 31.1 Å². The van der Waals surface area contributed by atoms with Gasteiger partial charge in [0.05, 0.1) is 13.2 Å². The van der Waals surface area contributed by atoms with Crippen molar-refractivity contribution in [1.82, 2.24) is 5.32 Å². The number of methoxy groups -OCH3 is 1. The quantitative estimate of drug-likeness (QED) is 0.583. The van der Waals surface area contributed by atoms with Crippen LogP contribution in [0.25, 0.3) is 0 Å². The molecule has 0 radical (unpaired) electrons. The molecule has 1 rings (SSSR count). The van der Waals surface area contributed by atoms with E-state index in [2.05, 4.69) is 19.2 Å². The normalized spacial score (nSPS) is 19.7. The summed E-state index contributed by atoms with van der Waals surface area (Å²) in [6, 6.07) is 0.806. The summed E-state index contributed by atoms with van der Waals surface area (Å²) in [4.78, 5) is 0. The van der Waals surface area contributed by atoms with Gasteiger partial charge in [0, 0.05) is 26.3 Å². The van der Waals surface area contributed by atoms with Gasteiger partial charge in [0.15, 0.2) is 0 Å². The Balaban J connectivity index is 2.07. The van der Waals surface area contributed by atoms with Crippen LogP contribution in [0, 0.1) is 5.41 Å². The van der Waals surface area contributed by atoms with Gasteiger partial charge in [0.25, 0.3) is 0 Å². The van der Waals surface area contributed by atoms with Crippen LogP contribution < -0.4 is 5.32 Å². The molecule has 0 saturated heterocycles. The van der Waals surface area contributed by atoms with Gasteiger partial charge in [-0.2, -0.15) is 0 Å². The third kappa shape index (κ3) is 5.83. The zero-order valence-electron chi connectivity index (χ0n) is 11.1. The minimum atomic E-state index is 0.385. The fourth-order valence-corrected chi connectivity index (χ4v) is 1.63. The molecular formula is C13H27NO2. The topological polar surface area (TPSA) is 30.5 Å². The van der Waals surface area contributed by atoms with E-state index >= 15 is 0 Å². The molecule has 1 aliphatic rings. The fraction of sp³-hybridized carbons (Fsp3) is 1.00. The van der Waals surface area contributed by atoms with E-state index in [1.54, 1.807) is 7.11 Å². The van der Waals surface area contributed by atoms with Gasteiger partial charge in [0.1, 0.15) is 0 Å². The molecule has 1 fully saturated rings. The zero-order valence-corrected chi connectivity index (χ0v) is 11.1. The molecule has 1 saturated carbocycles. The van der Waals surface area contributed by atoms with Gasteiger partial charge in [-0.15, -0.1) is 0 Å². The molecule has 0 aromatic carbocycles. The molecule has 3 heteroatoms. The summed E-state index contributed by atoms with van der Waals surface area (Å²) in [7, 11) is 1.71. The van der Waals surface area contributed by atoms with Gasteiger partial charge in [-0.1, -0.05) is 13.8 Å². The van der Waals surface area contributed by atoms with E-state index in [0.29, 0.717) is 18.6 Å². The lowest BCUT2D eigenvalue weighted by Crippen LogP contribution is -2.33. The first-order valence-corrected chi connectivity index (χ1v) is 6.50. The smallest absolute Gasteiger partial charge is 0.0700 e. The van der Waals surface area contributed by atoms with Crippen LogP contribution in [-0.2, 0) is 9.47 Å². The predicted molar refractivity (Wildman–Crippen MR) is 66.7 cm³/mol. The molecule has 96 valence electrons. The highest BCUT2D eigenvalue weighted by molar-refractivity contribution is 4.85. The molecule has 0 aliphatic heterocycles. The first kappa shape index (κ1) is 13.9. The first-order valence-electron chi connectivity index (χ1n) is 6.50. The van der Waals surface area contributed by atoms with Gasteiger partial charge < -0.3 is 14.8 Å². The Labute approximate surface area is 99.9 Å². The fourth-order valence-electron chi connectivity index (χ4n) is 1.63. The molecule has 0 spiro atoms. The van der Waals surface area contributed by atoms with Crippen molar-refractivity contribution >= 4 is 0 Å². The van der Waals surface area contributed by atoms with Gasteiger partial charge in [-0.3, -0.25) is 0 Å². The average molecular weight is 229 g/mol. The van der Waals surface area contributed by atoms with Crippen LogP contribution in [0.5, 0.6) is 0 Å². The third-order valence-electron chi connectivity index (χ3n) is 3.53. The maximum absolute atomic E-state index is 5.54. The Morgan fingerprint density at radius 2 is 2.00 bits per heavy atom. The van der Waals surface area contributed by atoms with E-state index in [-0.39, 0.29) is 0 Å². The van der Waals surface area contributed by atoms with Crippen molar-refractivity contribution in [2.45, 2.75) is 45.6 Å². The lowest BCUT2D eigenvalue weighted by atomic mass is 9.84. The minimum Gasteiger partial charge on any atom is -0.382 e. The predicted octanol–water partition coefficient (Wildman–Crippen LogP) is 2.21.